The number of pyridine rings is 1. The molecule has 1 aliphatic rings. The van der Waals surface area contributed by atoms with Crippen LogP contribution in [0.5, 0.6) is 0 Å². The van der Waals surface area contributed by atoms with E-state index in [1.165, 1.54) is 12.1 Å². The first kappa shape index (κ1) is 22.1. The maximum Gasteiger partial charge on any atom is 0.253 e. The van der Waals surface area contributed by atoms with E-state index in [4.69, 9.17) is 0 Å². The molecule has 1 saturated heterocycles. The molecule has 1 unspecified atom stereocenters. The van der Waals surface area contributed by atoms with Crippen LogP contribution in [0.3, 0.4) is 0 Å². The van der Waals surface area contributed by atoms with Gasteiger partial charge < -0.3 is 15.3 Å². The van der Waals surface area contributed by atoms with Crippen LogP contribution in [0.25, 0.3) is 0 Å². The van der Waals surface area contributed by atoms with Gasteiger partial charge in [0.15, 0.2) is 0 Å². The molecule has 32 heavy (non-hydrogen) atoms. The van der Waals surface area contributed by atoms with Gasteiger partial charge in [-0.25, -0.2) is 4.39 Å². The molecule has 0 bridgehead atoms. The first-order chi connectivity index (χ1) is 15.5. The molecule has 6 heteroatoms. The van der Waals surface area contributed by atoms with Crippen LogP contribution < -0.4 is 5.32 Å². The van der Waals surface area contributed by atoms with Crippen LogP contribution in [0.2, 0.25) is 0 Å². The molecular weight excluding hydrogens is 405 g/mol. The van der Waals surface area contributed by atoms with Crippen molar-refractivity contribution in [1.29, 1.82) is 0 Å². The van der Waals surface area contributed by atoms with Crippen molar-refractivity contribution in [1.82, 2.24) is 15.2 Å². The van der Waals surface area contributed by atoms with Crippen LogP contribution in [0.1, 0.15) is 46.0 Å². The lowest BCUT2D eigenvalue weighted by Crippen LogP contribution is -2.35. The van der Waals surface area contributed by atoms with Gasteiger partial charge in [0.05, 0.1) is 6.10 Å². The third-order valence-corrected chi connectivity index (χ3v) is 6.04. The number of hydrogen-bond donors (Lipinski definition) is 2. The molecule has 3 aromatic rings. The minimum absolute atomic E-state index is 0.0260. The van der Waals surface area contributed by atoms with Crippen LogP contribution in [-0.2, 0) is 13.0 Å². The predicted octanol–water partition coefficient (Wildman–Crippen LogP) is 3.89. The summed E-state index contributed by atoms with van der Waals surface area (Å²) >= 11 is 0. The molecule has 2 heterocycles. The standard InChI is InChI=1S/C26H28FN3O2/c1-30(17-19-3-2-14-28-16-19)26(32)21-6-4-18(5-7-21)15-23-12-13-24(29-23)25(31)20-8-10-22(27)11-9-20/h2-11,14,16,23-25,29,31H,12-13,15,17H2,1H3/t23-,24+,25?/m0/s1. The van der Waals surface area contributed by atoms with Gasteiger partial charge in [0.2, 0.25) is 0 Å². The van der Waals surface area contributed by atoms with E-state index in [2.05, 4.69) is 10.3 Å². The van der Waals surface area contributed by atoms with Gasteiger partial charge in [-0.3, -0.25) is 9.78 Å². The lowest BCUT2D eigenvalue weighted by molar-refractivity contribution is 0.0785. The van der Waals surface area contributed by atoms with Crippen LogP contribution >= 0.6 is 0 Å². The second kappa shape index (κ2) is 10.0. The van der Waals surface area contributed by atoms with Crippen molar-refractivity contribution >= 4 is 5.91 Å². The summed E-state index contributed by atoms with van der Waals surface area (Å²) in [4.78, 5) is 18.5. The van der Waals surface area contributed by atoms with Gasteiger partial charge in [0.1, 0.15) is 5.82 Å². The van der Waals surface area contributed by atoms with E-state index in [0.717, 1.165) is 36.0 Å². The maximum absolute atomic E-state index is 13.1. The minimum atomic E-state index is -0.657. The number of nitrogens with one attached hydrogen (secondary N) is 1. The molecule has 0 spiro atoms. The summed E-state index contributed by atoms with van der Waals surface area (Å²) in [5.74, 6) is -0.328. The molecule has 1 aliphatic heterocycles. The number of carbonyl (C=O) groups excluding carboxylic acids is 1. The van der Waals surface area contributed by atoms with E-state index in [1.807, 2.05) is 36.4 Å². The smallest absolute Gasteiger partial charge is 0.253 e. The predicted molar refractivity (Wildman–Crippen MR) is 121 cm³/mol. The Kier molecular flexibility index (Phi) is 6.93. The Morgan fingerprint density at radius 1 is 1.12 bits per heavy atom. The van der Waals surface area contributed by atoms with Gasteiger partial charge in [0, 0.05) is 43.6 Å². The third-order valence-electron chi connectivity index (χ3n) is 6.04. The molecule has 0 aliphatic carbocycles. The van der Waals surface area contributed by atoms with Gasteiger partial charge in [-0.05, 0) is 66.3 Å². The summed E-state index contributed by atoms with van der Waals surface area (Å²) in [5.41, 5.74) is 3.52. The van der Waals surface area contributed by atoms with Gasteiger partial charge in [-0.2, -0.15) is 0 Å². The molecule has 0 radical (unpaired) electrons. The normalized spacial score (nSPS) is 19.0. The van der Waals surface area contributed by atoms with E-state index >= 15 is 0 Å². The number of benzene rings is 2. The Balaban J connectivity index is 1.31. The fourth-order valence-corrected chi connectivity index (χ4v) is 4.28. The summed E-state index contributed by atoms with van der Waals surface area (Å²) in [5, 5.41) is 14.1. The van der Waals surface area contributed by atoms with Crippen molar-refractivity contribution in [3.05, 3.63) is 101 Å². The zero-order valence-corrected chi connectivity index (χ0v) is 18.1. The number of carbonyl (C=O) groups is 1. The number of amides is 1. The maximum atomic E-state index is 13.1. The fraction of sp³-hybridized carbons (Fsp3) is 0.308. The Morgan fingerprint density at radius 3 is 2.56 bits per heavy atom. The monoisotopic (exact) mass is 433 g/mol. The molecule has 0 saturated carbocycles. The van der Waals surface area contributed by atoms with Gasteiger partial charge in [0.25, 0.3) is 5.91 Å². The molecule has 4 rings (SSSR count). The van der Waals surface area contributed by atoms with E-state index in [-0.39, 0.29) is 23.8 Å². The van der Waals surface area contributed by atoms with E-state index in [0.29, 0.717) is 12.1 Å². The van der Waals surface area contributed by atoms with Crippen molar-refractivity contribution in [3.63, 3.8) is 0 Å². The summed E-state index contributed by atoms with van der Waals surface area (Å²) in [6.07, 6.45) is 5.47. The average Bonchev–Trinajstić information content (AvgIpc) is 3.28. The SMILES string of the molecule is CN(Cc1cccnc1)C(=O)c1ccc(C[C@@H]2CC[C@H](C(O)c3ccc(F)cc3)N2)cc1. The summed E-state index contributed by atoms with van der Waals surface area (Å²) in [6.45, 7) is 0.512. The summed E-state index contributed by atoms with van der Waals surface area (Å²) in [6, 6.07) is 17.8. The Hall–Kier alpha value is -3.09. The number of rotatable bonds is 7. The van der Waals surface area contributed by atoms with Gasteiger partial charge >= 0.3 is 0 Å². The molecule has 1 fully saturated rings. The highest BCUT2D eigenvalue weighted by atomic mass is 19.1. The molecule has 5 nitrogen and oxygen atoms in total. The number of hydrogen-bond acceptors (Lipinski definition) is 4. The number of aliphatic hydroxyl groups is 1. The molecular formula is C26H28FN3O2. The van der Waals surface area contributed by atoms with Gasteiger partial charge in [-0.1, -0.05) is 30.3 Å². The van der Waals surface area contributed by atoms with Crippen molar-refractivity contribution in [2.45, 2.75) is 44.0 Å². The third kappa shape index (κ3) is 5.39. The topological polar surface area (TPSA) is 65.5 Å². The first-order valence-corrected chi connectivity index (χ1v) is 10.9. The van der Waals surface area contributed by atoms with E-state index in [1.54, 1.807) is 36.5 Å². The molecule has 166 valence electrons. The average molecular weight is 434 g/mol. The summed E-state index contributed by atoms with van der Waals surface area (Å²) < 4.78 is 13.1. The Labute approximate surface area is 187 Å². The lowest BCUT2D eigenvalue weighted by atomic mass is 10.0. The highest BCUT2D eigenvalue weighted by molar-refractivity contribution is 5.94. The zero-order chi connectivity index (χ0) is 22.5. The van der Waals surface area contributed by atoms with E-state index in [9.17, 15) is 14.3 Å². The highest BCUT2D eigenvalue weighted by Gasteiger charge is 2.30. The molecule has 1 amide bonds. The van der Waals surface area contributed by atoms with Crippen LogP contribution in [0.15, 0.2) is 73.1 Å². The van der Waals surface area contributed by atoms with Gasteiger partial charge in [-0.15, -0.1) is 0 Å². The fourth-order valence-electron chi connectivity index (χ4n) is 4.28. The molecule has 1 aromatic heterocycles. The van der Waals surface area contributed by atoms with Crippen molar-refractivity contribution in [3.8, 4) is 0 Å². The van der Waals surface area contributed by atoms with E-state index < -0.39 is 6.10 Å². The van der Waals surface area contributed by atoms with Crippen molar-refractivity contribution in [2.75, 3.05) is 7.05 Å². The zero-order valence-electron chi connectivity index (χ0n) is 18.1. The quantitative estimate of drug-likeness (QED) is 0.593. The number of aliphatic hydroxyl groups excluding tert-OH is 1. The summed E-state index contributed by atoms with van der Waals surface area (Å²) in [7, 11) is 1.79. The second-order valence-corrected chi connectivity index (χ2v) is 8.47. The highest BCUT2D eigenvalue weighted by Crippen LogP contribution is 2.27. The molecule has 3 atom stereocenters. The molecule has 2 N–H and O–H groups in total. The van der Waals surface area contributed by atoms with Crippen molar-refractivity contribution < 1.29 is 14.3 Å². The van der Waals surface area contributed by atoms with Crippen LogP contribution in [0.4, 0.5) is 4.39 Å². The number of halogens is 1. The number of nitrogens with zero attached hydrogens (tertiary/aromatic N) is 2. The largest absolute Gasteiger partial charge is 0.387 e. The van der Waals surface area contributed by atoms with Crippen molar-refractivity contribution in [2.24, 2.45) is 0 Å². The van der Waals surface area contributed by atoms with Crippen LogP contribution in [-0.4, -0.2) is 40.0 Å². The Bertz CT molecular complexity index is 1030. The molecule has 2 aromatic carbocycles. The second-order valence-electron chi connectivity index (χ2n) is 8.47. The van der Waals surface area contributed by atoms with Crippen LogP contribution in [0, 0.1) is 5.82 Å². The number of aromatic nitrogens is 1. The minimum Gasteiger partial charge on any atom is -0.387 e. The Morgan fingerprint density at radius 2 is 1.88 bits per heavy atom. The first-order valence-electron chi connectivity index (χ1n) is 10.9. The lowest BCUT2D eigenvalue weighted by Gasteiger charge is -2.21.